The Labute approximate surface area is 174 Å². The number of guanidine groups is 1. The van der Waals surface area contributed by atoms with E-state index in [9.17, 15) is 21.6 Å². The first-order chi connectivity index (χ1) is 12.2. The predicted molar refractivity (Wildman–Crippen MR) is 111 cm³/mol. The van der Waals surface area contributed by atoms with Gasteiger partial charge < -0.3 is 10.6 Å². The van der Waals surface area contributed by atoms with Crippen molar-refractivity contribution in [2.45, 2.75) is 25.9 Å². The first-order valence-electron chi connectivity index (χ1n) is 8.40. The molecule has 0 spiro atoms. The summed E-state index contributed by atoms with van der Waals surface area (Å²) in [5.41, 5.74) is 1.68. The van der Waals surface area contributed by atoms with Crippen LogP contribution in [0.3, 0.4) is 0 Å². The van der Waals surface area contributed by atoms with Crippen LogP contribution in [0.1, 0.15) is 18.9 Å². The molecule has 0 saturated heterocycles. The van der Waals surface area contributed by atoms with Gasteiger partial charge in [0.25, 0.3) is 0 Å². The number of hydrogen-bond acceptors (Lipinski definition) is 3. The predicted octanol–water partition coefficient (Wildman–Crippen LogP) is 2.50. The van der Waals surface area contributed by atoms with E-state index >= 15 is 0 Å². The molecule has 1 aliphatic heterocycles. The van der Waals surface area contributed by atoms with Gasteiger partial charge in [-0.05, 0) is 25.0 Å². The Hall–Kier alpha value is -1.24. The molecule has 0 atom stereocenters. The van der Waals surface area contributed by atoms with Crippen molar-refractivity contribution in [1.82, 2.24) is 10.6 Å². The monoisotopic (exact) mass is 520 g/mol. The molecule has 0 saturated carbocycles. The number of para-hydroxylation sites is 1. The molecular weight excluding hydrogens is 496 g/mol. The molecule has 2 N–H and O–H groups in total. The zero-order chi connectivity index (χ0) is 19.2. The lowest BCUT2D eigenvalue weighted by Gasteiger charge is -2.20. The summed E-state index contributed by atoms with van der Waals surface area (Å²) in [6.07, 6.45) is -4.62. The number of aliphatic imine (C=N–C) groups is 1. The minimum atomic E-state index is -4.27. The highest BCUT2D eigenvalue weighted by atomic mass is 127. The van der Waals surface area contributed by atoms with E-state index in [1.54, 1.807) is 19.1 Å². The highest BCUT2D eigenvalue weighted by Gasteiger charge is 2.29. The number of benzene rings is 1. The average molecular weight is 520 g/mol. The van der Waals surface area contributed by atoms with Crippen molar-refractivity contribution >= 4 is 45.6 Å². The van der Waals surface area contributed by atoms with E-state index in [0.29, 0.717) is 25.2 Å². The molecule has 0 bridgehead atoms. The summed E-state index contributed by atoms with van der Waals surface area (Å²) >= 11 is 0. The Balaban J connectivity index is 0.00000364. The van der Waals surface area contributed by atoms with Gasteiger partial charge in [0.2, 0.25) is 10.0 Å². The third-order valence-corrected chi connectivity index (χ3v) is 5.61. The number of anilines is 1. The molecule has 1 aromatic carbocycles. The van der Waals surface area contributed by atoms with Gasteiger partial charge in [0.05, 0.1) is 24.4 Å². The van der Waals surface area contributed by atoms with Crippen molar-refractivity contribution in [3.05, 3.63) is 29.8 Å². The third kappa shape index (κ3) is 7.35. The number of alkyl halides is 3. The molecule has 1 aliphatic rings. The lowest BCUT2D eigenvalue weighted by atomic mass is 10.2. The maximum Gasteiger partial charge on any atom is 0.390 e. The second kappa shape index (κ2) is 10.3. The molecule has 1 aromatic rings. The molecule has 2 rings (SSSR count). The van der Waals surface area contributed by atoms with E-state index in [2.05, 4.69) is 15.6 Å². The van der Waals surface area contributed by atoms with E-state index in [-0.39, 0.29) is 42.2 Å². The smallest absolute Gasteiger partial charge is 0.357 e. The van der Waals surface area contributed by atoms with Gasteiger partial charge in [0.15, 0.2) is 5.96 Å². The fraction of sp³-hybridized carbons (Fsp3) is 0.562. The van der Waals surface area contributed by atoms with Crippen molar-refractivity contribution in [2.24, 2.45) is 4.99 Å². The summed E-state index contributed by atoms with van der Waals surface area (Å²) in [7, 11) is -3.52. The molecule has 154 valence electrons. The molecule has 0 fully saturated rings. The molecule has 0 radical (unpaired) electrons. The average Bonchev–Trinajstić information content (AvgIpc) is 2.98. The highest BCUT2D eigenvalue weighted by Crippen LogP contribution is 2.29. The van der Waals surface area contributed by atoms with E-state index in [1.807, 2.05) is 12.1 Å². The van der Waals surface area contributed by atoms with Crippen molar-refractivity contribution in [1.29, 1.82) is 0 Å². The molecule has 0 aliphatic carbocycles. The van der Waals surface area contributed by atoms with Crippen LogP contribution in [0.5, 0.6) is 0 Å². The SMILES string of the molecule is CCNC(=NCCC(F)(F)F)NCCS(=O)(=O)N1CCc2ccccc21.I. The number of rotatable bonds is 7. The summed E-state index contributed by atoms with van der Waals surface area (Å²) in [4.78, 5) is 3.82. The van der Waals surface area contributed by atoms with Gasteiger partial charge in [-0.1, -0.05) is 18.2 Å². The van der Waals surface area contributed by atoms with Gasteiger partial charge in [-0.15, -0.1) is 24.0 Å². The summed E-state index contributed by atoms with van der Waals surface area (Å²) in [6.45, 7) is 2.29. The van der Waals surface area contributed by atoms with Crippen LogP contribution in [0.15, 0.2) is 29.3 Å². The van der Waals surface area contributed by atoms with Gasteiger partial charge in [0.1, 0.15) is 0 Å². The summed E-state index contributed by atoms with van der Waals surface area (Å²) in [5.74, 6) is -0.000787. The Bertz CT molecular complexity index is 741. The molecule has 0 aromatic heterocycles. The molecular formula is C16H24F3IN4O2S. The molecule has 1 heterocycles. The van der Waals surface area contributed by atoms with Crippen LogP contribution < -0.4 is 14.9 Å². The van der Waals surface area contributed by atoms with Crippen LogP contribution in [0.25, 0.3) is 0 Å². The maximum absolute atomic E-state index is 12.6. The second-order valence-corrected chi connectivity index (χ2v) is 7.83. The fourth-order valence-electron chi connectivity index (χ4n) is 2.64. The molecule has 27 heavy (non-hydrogen) atoms. The topological polar surface area (TPSA) is 73.8 Å². The zero-order valence-corrected chi connectivity index (χ0v) is 18.1. The molecule has 11 heteroatoms. The normalized spacial score (nSPS) is 14.5. The Kier molecular flexibility index (Phi) is 9.12. The Morgan fingerprint density at radius 1 is 1.26 bits per heavy atom. The first kappa shape index (κ1) is 23.8. The van der Waals surface area contributed by atoms with Gasteiger partial charge >= 0.3 is 6.18 Å². The van der Waals surface area contributed by atoms with E-state index in [4.69, 9.17) is 0 Å². The van der Waals surface area contributed by atoms with E-state index in [1.165, 1.54) is 4.31 Å². The number of nitrogens with one attached hydrogen (secondary N) is 2. The van der Waals surface area contributed by atoms with Crippen LogP contribution in [0.2, 0.25) is 0 Å². The van der Waals surface area contributed by atoms with Gasteiger partial charge in [-0.2, -0.15) is 13.2 Å². The lowest BCUT2D eigenvalue weighted by Crippen LogP contribution is -2.42. The summed E-state index contributed by atoms with van der Waals surface area (Å²) in [6, 6.07) is 7.34. The van der Waals surface area contributed by atoms with Crippen molar-refractivity contribution in [3.63, 3.8) is 0 Å². The van der Waals surface area contributed by atoms with Crippen molar-refractivity contribution < 1.29 is 21.6 Å². The van der Waals surface area contributed by atoms with Gasteiger partial charge in [-0.25, -0.2) is 8.42 Å². The largest absolute Gasteiger partial charge is 0.390 e. The number of nitrogens with zero attached hydrogens (tertiary/aromatic N) is 2. The molecule has 0 unspecified atom stereocenters. The standard InChI is InChI=1S/C16H23F3N4O2S.HI/c1-2-20-15(21-9-8-16(17,18)19)22-10-12-26(24,25)23-11-7-13-5-3-4-6-14(13)23;/h3-6H,2,7-12H2,1H3,(H2,20,21,22);1H. The molecule has 0 amide bonds. The first-order valence-corrected chi connectivity index (χ1v) is 10.0. The Morgan fingerprint density at radius 3 is 2.63 bits per heavy atom. The third-order valence-electron chi connectivity index (χ3n) is 3.84. The van der Waals surface area contributed by atoms with Crippen LogP contribution in [-0.2, 0) is 16.4 Å². The van der Waals surface area contributed by atoms with Crippen LogP contribution in [0, 0.1) is 0 Å². The summed E-state index contributed by atoms with van der Waals surface area (Å²) in [5, 5.41) is 5.58. The zero-order valence-electron chi connectivity index (χ0n) is 14.9. The number of hydrogen-bond donors (Lipinski definition) is 2. The highest BCUT2D eigenvalue weighted by molar-refractivity contribution is 14.0. The second-order valence-electron chi connectivity index (χ2n) is 5.82. The quantitative estimate of drug-likeness (QED) is 0.330. The van der Waals surface area contributed by atoms with Crippen LogP contribution in [-0.4, -0.2) is 52.5 Å². The van der Waals surface area contributed by atoms with Crippen LogP contribution >= 0.6 is 24.0 Å². The molecule has 6 nitrogen and oxygen atoms in total. The minimum absolute atomic E-state index is 0. The van der Waals surface area contributed by atoms with Crippen molar-refractivity contribution in [2.75, 3.05) is 36.2 Å². The maximum atomic E-state index is 12.6. The van der Waals surface area contributed by atoms with E-state index < -0.39 is 29.2 Å². The number of halogens is 4. The van der Waals surface area contributed by atoms with Gasteiger partial charge in [0, 0.05) is 19.6 Å². The van der Waals surface area contributed by atoms with E-state index in [0.717, 1.165) is 5.56 Å². The number of sulfonamides is 1. The Morgan fingerprint density at radius 2 is 1.96 bits per heavy atom. The lowest BCUT2D eigenvalue weighted by molar-refractivity contribution is -0.132. The van der Waals surface area contributed by atoms with Crippen molar-refractivity contribution in [3.8, 4) is 0 Å². The summed E-state index contributed by atoms with van der Waals surface area (Å²) < 4.78 is 63.1. The van der Waals surface area contributed by atoms with Gasteiger partial charge in [-0.3, -0.25) is 9.30 Å². The van der Waals surface area contributed by atoms with Crippen LogP contribution in [0.4, 0.5) is 18.9 Å². The number of fused-ring (bicyclic) bond motifs is 1. The minimum Gasteiger partial charge on any atom is -0.357 e. The fourth-order valence-corrected chi connectivity index (χ4v) is 4.07.